The van der Waals surface area contributed by atoms with Crippen molar-refractivity contribution in [3.8, 4) is 0 Å². The topological polar surface area (TPSA) is 64.2 Å². The van der Waals surface area contributed by atoms with Crippen LogP contribution >= 0.6 is 0 Å². The summed E-state index contributed by atoms with van der Waals surface area (Å²) in [5.41, 5.74) is 7.89. The Balaban J connectivity index is 2.25. The molecule has 2 N–H and O–H groups in total. The molecule has 2 rings (SSSR count). The number of hydrogen-bond donors (Lipinski definition) is 1. The van der Waals surface area contributed by atoms with Gasteiger partial charge >= 0.3 is 0 Å². The van der Waals surface area contributed by atoms with Crippen molar-refractivity contribution in [3.05, 3.63) is 11.4 Å². The Labute approximate surface area is 108 Å². The highest BCUT2D eigenvalue weighted by Crippen LogP contribution is 2.25. The lowest BCUT2D eigenvalue weighted by Crippen LogP contribution is -2.36. The highest BCUT2D eigenvalue weighted by atomic mass is 16.2. The van der Waals surface area contributed by atoms with Crippen LogP contribution in [0.3, 0.4) is 0 Å². The van der Waals surface area contributed by atoms with Gasteiger partial charge in [-0.1, -0.05) is 19.8 Å². The van der Waals surface area contributed by atoms with Gasteiger partial charge in [0.25, 0.3) is 5.91 Å². The Morgan fingerprint density at radius 1 is 1.50 bits per heavy atom. The number of nitrogens with zero attached hydrogens (tertiary/aromatic N) is 3. The molecule has 0 unspecified atom stereocenters. The van der Waals surface area contributed by atoms with Gasteiger partial charge in [0.05, 0.1) is 11.4 Å². The predicted octanol–water partition coefficient (Wildman–Crippen LogP) is 1.58. The lowest BCUT2D eigenvalue weighted by molar-refractivity contribution is 0.0725. The number of amides is 1. The summed E-state index contributed by atoms with van der Waals surface area (Å²) in [6, 6.07) is 0.358. The van der Waals surface area contributed by atoms with E-state index in [1.165, 1.54) is 12.8 Å². The van der Waals surface area contributed by atoms with Crippen LogP contribution in [-0.2, 0) is 13.5 Å². The molecule has 0 atom stereocenters. The van der Waals surface area contributed by atoms with E-state index in [9.17, 15) is 4.79 Å². The van der Waals surface area contributed by atoms with Crippen LogP contribution in [-0.4, -0.2) is 33.7 Å². The van der Waals surface area contributed by atoms with Crippen LogP contribution in [0, 0.1) is 0 Å². The second kappa shape index (κ2) is 5.00. The molecule has 1 saturated carbocycles. The van der Waals surface area contributed by atoms with Gasteiger partial charge in [-0.2, -0.15) is 5.10 Å². The number of rotatable bonds is 3. The van der Waals surface area contributed by atoms with E-state index in [0.717, 1.165) is 25.0 Å². The SMILES string of the molecule is CCc1nn(C)c(C(=O)N(C)C2CCCC2)c1N. The molecule has 1 aliphatic rings. The molecule has 100 valence electrons. The number of nitrogen functional groups attached to an aromatic ring is 1. The molecule has 1 heterocycles. The third-order valence-corrected chi connectivity index (χ3v) is 3.89. The number of hydrogen-bond acceptors (Lipinski definition) is 3. The Hall–Kier alpha value is -1.52. The van der Waals surface area contributed by atoms with Crippen molar-refractivity contribution in [1.29, 1.82) is 0 Å². The standard InChI is InChI=1S/C13H22N4O/c1-4-10-11(14)12(17(3)15-10)13(18)16(2)9-7-5-6-8-9/h9H,4-8,14H2,1-3H3. The maximum atomic E-state index is 12.5. The highest BCUT2D eigenvalue weighted by molar-refractivity contribution is 5.98. The van der Waals surface area contributed by atoms with Crippen LogP contribution in [0.15, 0.2) is 0 Å². The number of aromatic nitrogens is 2. The highest BCUT2D eigenvalue weighted by Gasteiger charge is 2.28. The lowest BCUT2D eigenvalue weighted by atomic mass is 10.2. The molecule has 18 heavy (non-hydrogen) atoms. The number of carbonyl (C=O) groups excluding carboxylic acids is 1. The monoisotopic (exact) mass is 250 g/mol. The summed E-state index contributed by atoms with van der Waals surface area (Å²) in [4.78, 5) is 14.3. The van der Waals surface area contributed by atoms with E-state index in [0.29, 0.717) is 17.4 Å². The van der Waals surface area contributed by atoms with Crippen LogP contribution < -0.4 is 5.73 Å². The molecule has 1 aromatic rings. The maximum Gasteiger partial charge on any atom is 0.274 e. The largest absolute Gasteiger partial charge is 0.395 e. The third kappa shape index (κ3) is 2.09. The van der Waals surface area contributed by atoms with Gasteiger partial charge in [-0.05, 0) is 19.3 Å². The van der Waals surface area contributed by atoms with Crippen molar-refractivity contribution in [2.75, 3.05) is 12.8 Å². The summed E-state index contributed by atoms with van der Waals surface area (Å²) in [7, 11) is 3.65. The van der Waals surface area contributed by atoms with E-state index < -0.39 is 0 Å². The fourth-order valence-electron chi connectivity index (χ4n) is 2.74. The summed E-state index contributed by atoms with van der Waals surface area (Å²) < 4.78 is 1.61. The van der Waals surface area contributed by atoms with Crippen molar-refractivity contribution in [2.45, 2.75) is 45.1 Å². The van der Waals surface area contributed by atoms with Gasteiger partial charge in [-0.3, -0.25) is 9.48 Å². The van der Waals surface area contributed by atoms with Crippen LogP contribution in [0.1, 0.15) is 48.8 Å². The molecule has 5 heteroatoms. The van der Waals surface area contributed by atoms with E-state index in [2.05, 4.69) is 5.10 Å². The fourth-order valence-corrected chi connectivity index (χ4v) is 2.74. The van der Waals surface area contributed by atoms with Crippen molar-refractivity contribution in [1.82, 2.24) is 14.7 Å². The van der Waals surface area contributed by atoms with Crippen LogP contribution in [0.25, 0.3) is 0 Å². The molecule has 1 aromatic heterocycles. The Morgan fingerprint density at radius 3 is 2.61 bits per heavy atom. The van der Waals surface area contributed by atoms with Gasteiger partial charge in [0.1, 0.15) is 5.69 Å². The Morgan fingerprint density at radius 2 is 2.11 bits per heavy atom. The molecule has 0 radical (unpaired) electrons. The number of carbonyl (C=O) groups is 1. The number of anilines is 1. The van der Waals surface area contributed by atoms with Gasteiger partial charge in [0.15, 0.2) is 0 Å². The van der Waals surface area contributed by atoms with Crippen molar-refractivity contribution < 1.29 is 4.79 Å². The second-order valence-corrected chi connectivity index (χ2v) is 5.04. The van der Waals surface area contributed by atoms with Gasteiger partial charge < -0.3 is 10.6 Å². The molecule has 0 bridgehead atoms. The summed E-state index contributed by atoms with van der Waals surface area (Å²) >= 11 is 0. The molecule has 0 aliphatic heterocycles. The van der Waals surface area contributed by atoms with Gasteiger partial charge in [0.2, 0.25) is 0 Å². The lowest BCUT2D eigenvalue weighted by Gasteiger charge is -2.24. The first-order valence-corrected chi connectivity index (χ1v) is 6.64. The van der Waals surface area contributed by atoms with Crippen LogP contribution in [0.2, 0.25) is 0 Å². The molecular weight excluding hydrogens is 228 g/mol. The summed E-state index contributed by atoms with van der Waals surface area (Å²) in [6.07, 6.45) is 5.37. The van der Waals surface area contributed by atoms with Crippen molar-refractivity contribution in [2.24, 2.45) is 7.05 Å². The van der Waals surface area contributed by atoms with Crippen molar-refractivity contribution in [3.63, 3.8) is 0 Å². The van der Waals surface area contributed by atoms with Crippen LogP contribution in [0.5, 0.6) is 0 Å². The first-order valence-electron chi connectivity index (χ1n) is 6.64. The smallest absolute Gasteiger partial charge is 0.274 e. The Kier molecular flexibility index (Phi) is 3.59. The Bertz CT molecular complexity index is 446. The van der Waals surface area contributed by atoms with E-state index >= 15 is 0 Å². The minimum atomic E-state index is -0.00546. The zero-order chi connectivity index (χ0) is 13.3. The average molecular weight is 250 g/mol. The first-order chi connectivity index (χ1) is 8.56. The first kappa shape index (κ1) is 12.9. The molecule has 0 aromatic carbocycles. The fraction of sp³-hybridized carbons (Fsp3) is 0.692. The molecule has 0 saturated heterocycles. The quantitative estimate of drug-likeness (QED) is 0.885. The number of aryl methyl sites for hydroxylation is 2. The van der Waals surface area contributed by atoms with E-state index in [1.54, 1.807) is 11.7 Å². The van der Waals surface area contributed by atoms with Gasteiger partial charge in [-0.15, -0.1) is 0 Å². The molecule has 0 spiro atoms. The van der Waals surface area contributed by atoms with E-state index in [1.807, 2.05) is 18.9 Å². The maximum absolute atomic E-state index is 12.5. The minimum Gasteiger partial charge on any atom is -0.395 e. The summed E-state index contributed by atoms with van der Waals surface area (Å²) in [5.74, 6) is -0.00546. The number of nitrogens with two attached hydrogens (primary N) is 1. The third-order valence-electron chi connectivity index (χ3n) is 3.89. The zero-order valence-corrected chi connectivity index (χ0v) is 11.4. The van der Waals surface area contributed by atoms with Crippen LogP contribution in [0.4, 0.5) is 5.69 Å². The minimum absolute atomic E-state index is 0.00546. The zero-order valence-electron chi connectivity index (χ0n) is 11.4. The van der Waals surface area contributed by atoms with E-state index in [-0.39, 0.29) is 5.91 Å². The normalized spacial score (nSPS) is 16.2. The second-order valence-electron chi connectivity index (χ2n) is 5.04. The van der Waals surface area contributed by atoms with Gasteiger partial charge in [-0.25, -0.2) is 0 Å². The van der Waals surface area contributed by atoms with Crippen molar-refractivity contribution >= 4 is 11.6 Å². The van der Waals surface area contributed by atoms with Gasteiger partial charge in [0, 0.05) is 20.1 Å². The molecule has 1 aliphatic carbocycles. The summed E-state index contributed by atoms with van der Waals surface area (Å²) in [6.45, 7) is 1.99. The molecular formula is C13H22N4O. The molecule has 1 fully saturated rings. The predicted molar refractivity (Wildman–Crippen MR) is 71.3 cm³/mol. The summed E-state index contributed by atoms with van der Waals surface area (Å²) in [5, 5.41) is 4.30. The molecule has 1 amide bonds. The average Bonchev–Trinajstić information content (AvgIpc) is 2.96. The van der Waals surface area contributed by atoms with E-state index in [4.69, 9.17) is 5.73 Å². The molecule has 5 nitrogen and oxygen atoms in total.